The van der Waals surface area contributed by atoms with Gasteiger partial charge in [0.2, 0.25) is 5.91 Å². The topological polar surface area (TPSA) is 132 Å². The van der Waals surface area contributed by atoms with E-state index in [1.807, 2.05) is 0 Å². The third-order valence-corrected chi connectivity index (χ3v) is 5.57. The fraction of sp³-hybridized carbons (Fsp3) is 0.333. The lowest BCUT2D eigenvalue weighted by atomic mass is 10.1. The van der Waals surface area contributed by atoms with Crippen LogP contribution in [0.25, 0.3) is 0 Å². The number of benzene rings is 1. The van der Waals surface area contributed by atoms with Gasteiger partial charge in [0, 0.05) is 13.2 Å². The molecule has 1 aliphatic heterocycles. The van der Waals surface area contributed by atoms with Crippen molar-refractivity contribution in [2.75, 3.05) is 31.0 Å². The molecule has 1 aliphatic rings. The van der Waals surface area contributed by atoms with Crippen LogP contribution in [-0.4, -0.2) is 61.7 Å². The largest absolute Gasteiger partial charge is 0.491 e. The van der Waals surface area contributed by atoms with E-state index < -0.39 is 52.2 Å². The number of sulfone groups is 1. The number of ether oxygens (including phenoxy) is 2. The third kappa shape index (κ3) is 4.95. The predicted molar refractivity (Wildman–Crippen MR) is 116 cm³/mol. The lowest BCUT2D eigenvalue weighted by Crippen LogP contribution is -2.38. The zero-order valence-electron chi connectivity index (χ0n) is 20.8. The van der Waals surface area contributed by atoms with Gasteiger partial charge in [-0.3, -0.25) is 19.3 Å². The summed E-state index contributed by atoms with van der Waals surface area (Å²) < 4.78 is 70.8. The number of carbonyl (C=O) groups excluding carboxylic acids is 3. The molecule has 0 spiro atoms. The van der Waals surface area contributed by atoms with Gasteiger partial charge >= 0.3 is 0 Å². The second-order valence-corrected chi connectivity index (χ2v) is 9.40. The van der Waals surface area contributed by atoms with Gasteiger partial charge in [0.05, 0.1) is 52.1 Å². The van der Waals surface area contributed by atoms with Gasteiger partial charge in [-0.2, -0.15) is 0 Å². The maximum atomic E-state index is 14.2. The van der Waals surface area contributed by atoms with Crippen LogP contribution in [0.1, 0.15) is 50.4 Å². The van der Waals surface area contributed by atoms with E-state index >= 15 is 0 Å². The van der Waals surface area contributed by atoms with Crippen molar-refractivity contribution in [1.29, 1.82) is 0 Å². The molecule has 0 saturated carbocycles. The summed E-state index contributed by atoms with van der Waals surface area (Å²) in [7, 11) is -6.68. The highest BCUT2D eigenvalue weighted by Crippen LogP contribution is 2.37. The van der Waals surface area contributed by atoms with Crippen LogP contribution >= 0.6 is 0 Å². The first-order valence-electron chi connectivity index (χ1n) is 11.1. The van der Waals surface area contributed by atoms with E-state index in [2.05, 4.69) is 10.3 Å². The summed E-state index contributed by atoms with van der Waals surface area (Å²) >= 11 is 0. The number of pyridine rings is 1. The van der Waals surface area contributed by atoms with Crippen molar-refractivity contribution in [2.45, 2.75) is 19.9 Å². The second kappa shape index (κ2) is 9.14. The molecule has 2 heterocycles. The number of rotatable bonds is 8. The van der Waals surface area contributed by atoms with Crippen molar-refractivity contribution >= 4 is 33.2 Å². The number of fused-ring (bicyclic) bond motifs is 1. The van der Waals surface area contributed by atoms with Gasteiger partial charge in [0.25, 0.3) is 17.7 Å². The maximum absolute atomic E-state index is 14.2. The first kappa shape index (κ1) is 20.1. The summed E-state index contributed by atoms with van der Waals surface area (Å²) in [5.74, 6) is -4.83. The summed E-state index contributed by atoms with van der Waals surface area (Å²) in [6, 6.07) is 2.53. The summed E-state index contributed by atoms with van der Waals surface area (Å²) in [4.78, 5) is 42.9. The van der Waals surface area contributed by atoms with Crippen molar-refractivity contribution in [2.24, 2.45) is 0 Å². The van der Waals surface area contributed by atoms with Crippen LogP contribution in [0.4, 0.5) is 10.1 Å². The molecule has 2 aromatic rings. The van der Waals surface area contributed by atoms with E-state index in [1.165, 1.54) is 6.07 Å². The van der Waals surface area contributed by atoms with Gasteiger partial charge in [-0.15, -0.1) is 0 Å². The number of nitrogens with one attached hydrogen (secondary N) is 1. The van der Waals surface area contributed by atoms with E-state index in [4.69, 9.17) is 13.6 Å². The standard InChI is InChI=1S/C21H22FN3O7S/c1-5-32-19-17(31-3)7-6-14(24-19)16(10-33(4,29)30)25-20(27)13-8-12(22)9-15(23-11(2)26)18(13)21(25)28/h6-9,16H,5,10H2,1-4H3,(H,23,26)/i3D3. The summed E-state index contributed by atoms with van der Waals surface area (Å²) in [5.41, 5.74) is -1.05. The molecule has 1 N–H and O–H groups in total. The number of hydrogen-bond donors (Lipinski definition) is 1. The molecule has 1 aromatic heterocycles. The Kier molecular flexibility index (Phi) is 5.56. The fourth-order valence-electron chi connectivity index (χ4n) is 3.44. The molecule has 33 heavy (non-hydrogen) atoms. The molecule has 0 radical (unpaired) electrons. The van der Waals surface area contributed by atoms with Crippen LogP contribution in [0.5, 0.6) is 11.6 Å². The van der Waals surface area contributed by atoms with Crippen LogP contribution in [0.2, 0.25) is 0 Å². The molecule has 1 unspecified atom stereocenters. The molecule has 3 rings (SSSR count). The number of nitrogens with zero attached hydrogens (tertiary/aromatic N) is 2. The van der Waals surface area contributed by atoms with Crippen molar-refractivity contribution < 1.29 is 40.8 Å². The molecule has 1 aromatic carbocycles. The fourth-order valence-corrected chi connectivity index (χ4v) is 4.34. The summed E-state index contributed by atoms with van der Waals surface area (Å²) in [6.07, 6.45) is 0.885. The zero-order chi connectivity index (χ0) is 27.0. The van der Waals surface area contributed by atoms with Gasteiger partial charge in [0.15, 0.2) is 5.75 Å². The Morgan fingerprint density at radius 2 is 2.03 bits per heavy atom. The van der Waals surface area contributed by atoms with Crippen LogP contribution < -0.4 is 14.8 Å². The summed E-state index contributed by atoms with van der Waals surface area (Å²) in [5, 5.41) is 2.30. The molecule has 12 heteroatoms. The van der Waals surface area contributed by atoms with Crippen molar-refractivity contribution in [3.05, 3.63) is 46.9 Å². The molecule has 0 aliphatic carbocycles. The molecule has 0 bridgehead atoms. The minimum Gasteiger partial charge on any atom is -0.491 e. The number of imide groups is 1. The monoisotopic (exact) mass is 482 g/mol. The Balaban J connectivity index is 2.15. The Bertz CT molecular complexity index is 1350. The normalized spacial score (nSPS) is 15.9. The highest BCUT2D eigenvalue weighted by Gasteiger charge is 2.44. The first-order chi connectivity index (χ1) is 16.6. The van der Waals surface area contributed by atoms with Crippen LogP contribution in [0.3, 0.4) is 0 Å². The lowest BCUT2D eigenvalue weighted by Gasteiger charge is -2.26. The quantitative estimate of drug-likeness (QED) is 0.565. The molecule has 0 fully saturated rings. The number of aromatic nitrogens is 1. The lowest BCUT2D eigenvalue weighted by molar-refractivity contribution is -0.114. The van der Waals surface area contributed by atoms with E-state index in [0.717, 1.165) is 31.4 Å². The molecular weight excluding hydrogens is 457 g/mol. The Labute approximate surface area is 193 Å². The van der Waals surface area contributed by atoms with Crippen molar-refractivity contribution in [3.63, 3.8) is 0 Å². The van der Waals surface area contributed by atoms with Gasteiger partial charge < -0.3 is 14.8 Å². The number of hydrogen-bond acceptors (Lipinski definition) is 8. The highest BCUT2D eigenvalue weighted by molar-refractivity contribution is 7.90. The van der Waals surface area contributed by atoms with E-state index in [-0.39, 0.29) is 40.7 Å². The van der Waals surface area contributed by atoms with Gasteiger partial charge in [-0.05, 0) is 31.2 Å². The van der Waals surface area contributed by atoms with Crippen LogP contribution in [-0.2, 0) is 14.6 Å². The number of carbonyl (C=O) groups is 3. The molecule has 0 saturated heterocycles. The Morgan fingerprint density at radius 3 is 2.64 bits per heavy atom. The molecule has 1 atom stereocenters. The number of halogens is 1. The molecule has 10 nitrogen and oxygen atoms in total. The minimum atomic E-state index is -3.84. The van der Waals surface area contributed by atoms with E-state index in [0.29, 0.717) is 4.90 Å². The number of anilines is 1. The van der Waals surface area contributed by atoms with E-state index in [1.54, 1.807) is 6.92 Å². The van der Waals surface area contributed by atoms with E-state index in [9.17, 15) is 27.2 Å². The average Bonchev–Trinajstić information content (AvgIpc) is 2.95. The van der Waals surface area contributed by atoms with Gasteiger partial charge in [-0.25, -0.2) is 17.8 Å². The maximum Gasteiger partial charge on any atom is 0.264 e. The van der Waals surface area contributed by atoms with Crippen LogP contribution in [0.15, 0.2) is 24.3 Å². The SMILES string of the molecule is [2H]C([2H])([2H])Oc1ccc(C(CS(C)(=O)=O)N2C(=O)c3cc(F)cc(NC(C)=O)c3C2=O)nc1OCC. The minimum absolute atomic E-state index is 0.0386. The third-order valence-electron chi connectivity index (χ3n) is 4.65. The highest BCUT2D eigenvalue weighted by atomic mass is 32.2. The van der Waals surface area contributed by atoms with Crippen LogP contribution in [0, 0.1) is 5.82 Å². The Morgan fingerprint density at radius 1 is 1.30 bits per heavy atom. The number of amides is 3. The smallest absolute Gasteiger partial charge is 0.264 e. The summed E-state index contributed by atoms with van der Waals surface area (Å²) in [6.45, 7) is 2.76. The molecule has 3 amide bonds. The molecular formula is C21H22FN3O7S. The first-order valence-corrected chi connectivity index (χ1v) is 11.7. The second-order valence-electron chi connectivity index (χ2n) is 7.22. The van der Waals surface area contributed by atoms with Crippen molar-refractivity contribution in [1.82, 2.24) is 9.88 Å². The average molecular weight is 483 g/mol. The number of methoxy groups -OCH3 is 1. The zero-order valence-corrected chi connectivity index (χ0v) is 18.7. The predicted octanol–water partition coefficient (Wildman–Crippen LogP) is 1.97. The van der Waals surface area contributed by atoms with Gasteiger partial charge in [-0.1, -0.05) is 0 Å². The molecule has 176 valence electrons. The van der Waals surface area contributed by atoms with Crippen molar-refractivity contribution in [3.8, 4) is 11.6 Å². The Hall–Kier alpha value is -3.54. The van der Waals surface area contributed by atoms with Gasteiger partial charge in [0.1, 0.15) is 15.7 Å².